The number of carbonyl (C=O) groups is 3. The first-order chi connectivity index (χ1) is 31.1. The molecule has 0 bridgehead atoms. The van der Waals surface area contributed by atoms with Gasteiger partial charge in [-0.2, -0.15) is 0 Å². The molecule has 3 rings (SSSR count). The number of aliphatic hydroxyl groups excluding tert-OH is 14. The van der Waals surface area contributed by atoms with Crippen LogP contribution in [0.3, 0.4) is 0 Å². The molecule has 0 saturated carbocycles. The van der Waals surface area contributed by atoms with E-state index in [0.29, 0.717) is 11.3 Å². The van der Waals surface area contributed by atoms with E-state index in [9.17, 15) is 85.9 Å². The van der Waals surface area contributed by atoms with Crippen molar-refractivity contribution in [3.63, 3.8) is 0 Å². The third-order valence-corrected chi connectivity index (χ3v) is 12.4. The molecule has 16 N–H and O–H groups in total. The molecule has 25 heteroatoms. The SMILES string of the molecule is Cc1ccc(C(=O)Nc2ccc(OCNc3c(Br)c(C(=O)N(CC(O)CO)CC(O)C(O)C(O)C(O)CO)c(Br)c(C(=O)N(CC(O)CO)CC(O)C(O)C(O)C(O)CO)c3Br)cc2)cc1. The summed E-state index contributed by atoms with van der Waals surface area (Å²) in [5.41, 5.74) is 0.843. The summed E-state index contributed by atoms with van der Waals surface area (Å²) < 4.78 is 5.25. The fraction of sp³-hybridized carbons (Fsp3) is 0.488. The molecule has 10 atom stereocenters. The van der Waals surface area contributed by atoms with Gasteiger partial charge in [-0.05, 0) is 91.1 Å². The highest BCUT2D eigenvalue weighted by molar-refractivity contribution is 9.11. The lowest BCUT2D eigenvalue weighted by Crippen LogP contribution is -2.52. The molecule has 3 aromatic rings. The Kier molecular flexibility index (Phi) is 23.2. The van der Waals surface area contributed by atoms with Gasteiger partial charge in [-0.15, -0.1) is 0 Å². The molecule has 22 nitrogen and oxygen atoms in total. The van der Waals surface area contributed by atoms with Gasteiger partial charge in [0.05, 0.1) is 64.4 Å². The van der Waals surface area contributed by atoms with Crippen LogP contribution < -0.4 is 15.4 Å². The number of nitrogens with zero attached hydrogens (tertiary/aromatic N) is 2. The van der Waals surface area contributed by atoms with Crippen molar-refractivity contribution < 1.29 is 90.6 Å². The van der Waals surface area contributed by atoms with Crippen molar-refractivity contribution in [3.05, 3.63) is 84.2 Å². The lowest BCUT2D eigenvalue weighted by atomic mass is 10.0. The highest BCUT2D eigenvalue weighted by atomic mass is 79.9. The van der Waals surface area contributed by atoms with Gasteiger partial charge < -0.3 is 96.7 Å². The quantitative estimate of drug-likeness (QED) is 0.0368. The molecule has 0 aliphatic heterocycles. The molecule has 0 aliphatic rings. The smallest absolute Gasteiger partial charge is 0.256 e. The Morgan fingerprint density at radius 2 is 0.970 bits per heavy atom. The van der Waals surface area contributed by atoms with Gasteiger partial charge in [-0.25, -0.2) is 0 Å². The molecule has 0 aliphatic carbocycles. The van der Waals surface area contributed by atoms with Crippen molar-refractivity contribution in [1.29, 1.82) is 0 Å². The lowest BCUT2D eigenvalue weighted by Gasteiger charge is -2.33. The van der Waals surface area contributed by atoms with E-state index in [2.05, 4.69) is 58.4 Å². The number of rotatable bonds is 26. The topological polar surface area (TPSA) is 374 Å². The normalized spacial score (nSPS) is 16.2. The molecule has 10 unspecified atom stereocenters. The highest BCUT2D eigenvalue weighted by Crippen LogP contribution is 2.44. The van der Waals surface area contributed by atoms with E-state index in [1.54, 1.807) is 36.4 Å². The molecule has 0 heterocycles. The number of halogens is 3. The number of carbonyl (C=O) groups excluding carboxylic acids is 3. The number of amides is 3. The van der Waals surface area contributed by atoms with Gasteiger partial charge in [0, 0.05) is 41.9 Å². The minimum atomic E-state index is -2.18. The van der Waals surface area contributed by atoms with Crippen LogP contribution in [0.2, 0.25) is 0 Å². The third kappa shape index (κ3) is 15.3. The van der Waals surface area contributed by atoms with Crippen LogP contribution in [0.25, 0.3) is 0 Å². The number of hydrogen-bond acceptors (Lipinski definition) is 19. The summed E-state index contributed by atoms with van der Waals surface area (Å²) in [5, 5.41) is 148. The van der Waals surface area contributed by atoms with Crippen LogP contribution >= 0.6 is 47.8 Å². The van der Waals surface area contributed by atoms with Gasteiger partial charge in [0.25, 0.3) is 17.7 Å². The second-order valence-electron chi connectivity index (χ2n) is 15.1. The second-order valence-corrected chi connectivity index (χ2v) is 17.4. The molecule has 0 saturated heterocycles. The van der Waals surface area contributed by atoms with Gasteiger partial charge >= 0.3 is 0 Å². The molecule has 66 heavy (non-hydrogen) atoms. The molecule has 3 amide bonds. The van der Waals surface area contributed by atoms with Crippen LogP contribution in [0.1, 0.15) is 36.6 Å². The molecule has 3 aromatic carbocycles. The molecular formula is C41H55Br3N4O18. The summed E-state index contributed by atoms with van der Waals surface area (Å²) in [6.07, 6.45) is -19.9. The number of hydrogen-bond donors (Lipinski definition) is 16. The Hall–Kier alpha value is -3.45. The minimum Gasteiger partial charge on any atom is -0.473 e. The van der Waals surface area contributed by atoms with Crippen molar-refractivity contribution in [3.8, 4) is 5.75 Å². The number of ether oxygens (including phenoxy) is 1. The van der Waals surface area contributed by atoms with Crippen LogP contribution in [0.15, 0.2) is 61.9 Å². The van der Waals surface area contributed by atoms with E-state index in [4.69, 9.17) is 4.74 Å². The fourth-order valence-electron chi connectivity index (χ4n) is 6.14. The van der Waals surface area contributed by atoms with Crippen molar-refractivity contribution in [2.45, 2.75) is 68.0 Å². The molecule has 0 aromatic heterocycles. The summed E-state index contributed by atoms with van der Waals surface area (Å²) in [7, 11) is 0. The van der Waals surface area contributed by atoms with Gasteiger partial charge in [0.2, 0.25) is 0 Å². The molecule has 0 spiro atoms. The first-order valence-corrected chi connectivity index (χ1v) is 22.4. The van der Waals surface area contributed by atoms with E-state index in [0.717, 1.165) is 15.4 Å². The van der Waals surface area contributed by atoms with Gasteiger partial charge in [0.15, 0.2) is 6.73 Å². The van der Waals surface area contributed by atoms with E-state index in [1.807, 2.05) is 6.92 Å². The van der Waals surface area contributed by atoms with Crippen molar-refractivity contribution in [2.75, 3.05) is 70.0 Å². The van der Waals surface area contributed by atoms with Gasteiger partial charge in [-0.1, -0.05) is 17.7 Å². The number of benzene rings is 3. The number of aryl methyl sites for hydroxylation is 1. The predicted octanol–water partition coefficient (Wildman–Crippen LogP) is -2.55. The third-order valence-electron chi connectivity index (χ3n) is 9.98. The monoisotopic (exact) mass is 1130 g/mol. The number of nitrogens with one attached hydrogen (secondary N) is 2. The first kappa shape index (κ1) is 56.9. The van der Waals surface area contributed by atoms with Gasteiger partial charge in [-0.3, -0.25) is 14.4 Å². The van der Waals surface area contributed by atoms with Crippen LogP contribution in [0, 0.1) is 6.92 Å². The summed E-state index contributed by atoms with van der Waals surface area (Å²) in [6, 6.07) is 13.1. The van der Waals surface area contributed by atoms with Crippen LogP contribution in [0.5, 0.6) is 5.75 Å². The average Bonchev–Trinajstić information content (AvgIpc) is 3.30. The highest BCUT2D eigenvalue weighted by Gasteiger charge is 2.38. The zero-order chi connectivity index (χ0) is 49.6. The Morgan fingerprint density at radius 3 is 1.36 bits per heavy atom. The number of aliphatic hydroxyl groups is 14. The van der Waals surface area contributed by atoms with Crippen molar-refractivity contribution in [1.82, 2.24) is 9.80 Å². The summed E-state index contributed by atoms with van der Waals surface area (Å²) in [6.45, 7) is -5.67. The Morgan fingerprint density at radius 1 is 0.561 bits per heavy atom. The maximum absolute atomic E-state index is 14.6. The van der Waals surface area contributed by atoms with Crippen LogP contribution in [0.4, 0.5) is 11.4 Å². The Labute approximate surface area is 403 Å². The van der Waals surface area contributed by atoms with Crippen LogP contribution in [-0.4, -0.2) is 219 Å². The predicted molar refractivity (Wildman–Crippen MR) is 244 cm³/mol. The average molecular weight is 1130 g/mol. The standard InChI is InChI=1S/C41H55Br3N4O18/c1-19-2-4-20(5-3-19)39(63)46-21-6-8-24(9-7-21)66-18-45-34-32(43)29(40(64)47(10-22(53)14-49)12-25(55)35(59)37(61)27(57)16-51)31(42)30(33(34)44)41(65)48(11-23(54)15-50)13-26(56)36(60)38(62)28(58)17-52/h2-9,22-23,25-28,35-38,45,49-62H,10-18H2,1H3,(H,46,63). The fourth-order valence-corrected chi connectivity index (χ4v) is 9.09. The van der Waals surface area contributed by atoms with Gasteiger partial charge in [0.1, 0.15) is 54.6 Å². The largest absolute Gasteiger partial charge is 0.473 e. The van der Waals surface area contributed by atoms with E-state index in [1.165, 1.54) is 12.1 Å². The van der Waals surface area contributed by atoms with Crippen molar-refractivity contribution in [2.24, 2.45) is 0 Å². The van der Waals surface area contributed by atoms with Crippen molar-refractivity contribution >= 4 is 76.9 Å². The summed E-state index contributed by atoms with van der Waals surface area (Å²) >= 11 is 9.98. The van der Waals surface area contributed by atoms with E-state index < -0.39 is 143 Å². The number of anilines is 2. The maximum Gasteiger partial charge on any atom is 0.256 e. The van der Waals surface area contributed by atoms with Crippen LogP contribution in [-0.2, 0) is 0 Å². The summed E-state index contributed by atoms with van der Waals surface area (Å²) in [4.78, 5) is 43.4. The first-order valence-electron chi connectivity index (χ1n) is 20.0. The van der Waals surface area contributed by atoms with E-state index in [-0.39, 0.29) is 30.8 Å². The zero-order valence-corrected chi connectivity index (χ0v) is 39.9. The maximum atomic E-state index is 14.6. The summed E-state index contributed by atoms with van der Waals surface area (Å²) in [5.74, 6) is -2.34. The molecule has 368 valence electrons. The molecular weight excluding hydrogens is 1080 g/mol. The molecule has 0 fully saturated rings. The Bertz CT molecular complexity index is 1960. The van der Waals surface area contributed by atoms with E-state index >= 15 is 0 Å². The lowest BCUT2D eigenvalue weighted by molar-refractivity contribution is -0.118. The minimum absolute atomic E-state index is 0.0960. The second kappa shape index (κ2) is 26.9. The molecule has 0 radical (unpaired) electrons. The Balaban J connectivity index is 2.12. The zero-order valence-electron chi connectivity index (χ0n) is 35.2.